The minimum Gasteiger partial charge on any atom is -0.347 e. The molecule has 1 fully saturated rings. The van der Waals surface area contributed by atoms with Crippen LogP contribution in [0.25, 0.3) is 0 Å². The molecule has 2 N–H and O–H groups in total. The number of amides is 2. The molecule has 2 atom stereocenters. The highest BCUT2D eigenvalue weighted by molar-refractivity contribution is 5.89. The van der Waals surface area contributed by atoms with Gasteiger partial charge in [0.25, 0.3) is 0 Å². The van der Waals surface area contributed by atoms with Crippen molar-refractivity contribution in [2.75, 3.05) is 20.6 Å². The van der Waals surface area contributed by atoms with Crippen molar-refractivity contribution in [1.82, 2.24) is 9.80 Å². The first-order valence-corrected chi connectivity index (χ1v) is 5.22. The smallest absolute Gasteiger partial charge is 0.244 e. The zero-order chi connectivity index (χ0) is 11.6. The molecule has 1 aliphatic heterocycles. The third kappa shape index (κ3) is 2.47. The quantitative estimate of drug-likeness (QED) is 0.667. The van der Waals surface area contributed by atoms with Crippen LogP contribution in [0.2, 0.25) is 0 Å². The summed E-state index contributed by atoms with van der Waals surface area (Å²) in [6, 6.07) is -0.834. The zero-order valence-electron chi connectivity index (χ0n) is 9.56. The molecule has 0 aromatic rings. The van der Waals surface area contributed by atoms with Crippen molar-refractivity contribution in [2.45, 2.75) is 31.8 Å². The van der Waals surface area contributed by atoms with Crippen molar-refractivity contribution in [2.24, 2.45) is 5.73 Å². The molecule has 1 heterocycles. The number of carbonyl (C=O) groups excluding carboxylic acids is 2. The van der Waals surface area contributed by atoms with Gasteiger partial charge < -0.3 is 15.5 Å². The highest BCUT2D eigenvalue weighted by atomic mass is 16.2. The number of carbonyl (C=O) groups is 2. The van der Waals surface area contributed by atoms with Crippen LogP contribution in [0.4, 0.5) is 0 Å². The maximum absolute atomic E-state index is 11.8. The van der Waals surface area contributed by atoms with Gasteiger partial charge in [0.2, 0.25) is 11.8 Å². The zero-order valence-corrected chi connectivity index (χ0v) is 9.56. The minimum absolute atomic E-state index is 0.0125. The fraction of sp³-hybridized carbons (Fsp3) is 0.800. The molecule has 1 aliphatic rings. The molecule has 5 nitrogen and oxygen atoms in total. The number of likely N-dealkylation sites (N-methyl/N-ethyl adjacent to an activating group) is 1. The molecule has 2 amide bonds. The SMILES string of the molecule is C[C@H](N)C(=O)N1CCCC1C(=O)N(C)C. The molecule has 86 valence electrons. The van der Waals surface area contributed by atoms with Crippen LogP contribution >= 0.6 is 0 Å². The number of hydrogen-bond acceptors (Lipinski definition) is 3. The Bertz CT molecular complexity index is 237. The predicted octanol–water partition coefficient (Wildman–Crippen LogP) is -0.587. The monoisotopic (exact) mass is 213 g/mol. The normalized spacial score (nSPS) is 22.7. The summed E-state index contributed by atoms with van der Waals surface area (Å²) in [6.45, 7) is 2.29. The van der Waals surface area contributed by atoms with Gasteiger partial charge in [-0.05, 0) is 19.8 Å². The summed E-state index contributed by atoms with van der Waals surface area (Å²) in [5.41, 5.74) is 5.54. The highest BCUT2D eigenvalue weighted by Crippen LogP contribution is 2.19. The minimum atomic E-state index is -0.527. The first-order chi connectivity index (χ1) is 6.95. The Kier molecular flexibility index (Phi) is 3.68. The second kappa shape index (κ2) is 4.61. The van der Waals surface area contributed by atoms with E-state index >= 15 is 0 Å². The van der Waals surface area contributed by atoms with Crippen LogP contribution < -0.4 is 5.73 Å². The highest BCUT2D eigenvalue weighted by Gasteiger charge is 2.35. The van der Waals surface area contributed by atoms with Crippen molar-refractivity contribution >= 4 is 11.8 Å². The van der Waals surface area contributed by atoms with E-state index in [1.54, 1.807) is 25.9 Å². The van der Waals surface area contributed by atoms with Crippen LogP contribution in [0.5, 0.6) is 0 Å². The van der Waals surface area contributed by atoms with Crippen LogP contribution in [0.15, 0.2) is 0 Å². The Balaban J connectivity index is 2.73. The number of hydrogen-bond donors (Lipinski definition) is 1. The lowest BCUT2D eigenvalue weighted by molar-refractivity contribution is -0.142. The lowest BCUT2D eigenvalue weighted by Gasteiger charge is -2.27. The molecule has 1 rings (SSSR count). The van der Waals surface area contributed by atoms with Gasteiger partial charge in [-0.2, -0.15) is 0 Å². The summed E-state index contributed by atoms with van der Waals surface area (Å²) >= 11 is 0. The van der Waals surface area contributed by atoms with E-state index in [-0.39, 0.29) is 17.9 Å². The van der Waals surface area contributed by atoms with E-state index in [9.17, 15) is 9.59 Å². The number of rotatable bonds is 2. The molecular weight excluding hydrogens is 194 g/mol. The number of nitrogens with zero attached hydrogens (tertiary/aromatic N) is 2. The molecule has 0 aromatic carbocycles. The maximum atomic E-state index is 11.8. The van der Waals surface area contributed by atoms with Gasteiger partial charge in [0.15, 0.2) is 0 Å². The van der Waals surface area contributed by atoms with Crippen molar-refractivity contribution < 1.29 is 9.59 Å². The summed E-state index contributed by atoms with van der Waals surface area (Å²) in [4.78, 5) is 26.6. The van der Waals surface area contributed by atoms with Gasteiger partial charge >= 0.3 is 0 Å². The van der Waals surface area contributed by atoms with Crippen LogP contribution in [0.1, 0.15) is 19.8 Å². The Hall–Kier alpha value is -1.10. The Morgan fingerprint density at radius 1 is 1.47 bits per heavy atom. The van der Waals surface area contributed by atoms with Gasteiger partial charge in [-0.15, -0.1) is 0 Å². The van der Waals surface area contributed by atoms with Crippen LogP contribution in [0, 0.1) is 0 Å². The molecule has 0 aromatic heterocycles. The van der Waals surface area contributed by atoms with Gasteiger partial charge in [-0.1, -0.05) is 0 Å². The first-order valence-electron chi connectivity index (χ1n) is 5.22. The van der Waals surface area contributed by atoms with E-state index < -0.39 is 6.04 Å². The van der Waals surface area contributed by atoms with Crippen molar-refractivity contribution in [3.8, 4) is 0 Å². The fourth-order valence-electron chi connectivity index (χ4n) is 1.85. The standard InChI is InChI=1S/C10H19N3O2/c1-7(11)9(14)13-6-4-5-8(13)10(15)12(2)3/h7-8H,4-6,11H2,1-3H3/t7-,8?/m0/s1. The molecule has 5 heteroatoms. The second-order valence-corrected chi connectivity index (χ2v) is 4.21. The van der Waals surface area contributed by atoms with Gasteiger partial charge in [0.05, 0.1) is 6.04 Å². The fourth-order valence-corrected chi connectivity index (χ4v) is 1.85. The van der Waals surface area contributed by atoms with Crippen LogP contribution in [0.3, 0.4) is 0 Å². The Morgan fingerprint density at radius 2 is 2.07 bits per heavy atom. The summed E-state index contributed by atoms with van der Waals surface area (Å²) < 4.78 is 0. The van der Waals surface area contributed by atoms with Gasteiger partial charge in [-0.3, -0.25) is 9.59 Å². The molecule has 1 unspecified atom stereocenters. The Morgan fingerprint density at radius 3 is 2.53 bits per heavy atom. The first kappa shape index (κ1) is 12.0. The molecule has 0 radical (unpaired) electrons. The summed E-state index contributed by atoms with van der Waals surface area (Å²) in [5, 5.41) is 0. The topological polar surface area (TPSA) is 66.6 Å². The Labute approximate surface area is 90.2 Å². The molecule has 0 spiro atoms. The van der Waals surface area contributed by atoms with Gasteiger partial charge in [-0.25, -0.2) is 0 Å². The van der Waals surface area contributed by atoms with E-state index in [1.807, 2.05) is 0 Å². The summed E-state index contributed by atoms with van der Waals surface area (Å²) in [6.07, 6.45) is 1.62. The average Bonchev–Trinajstić information content (AvgIpc) is 2.63. The lowest BCUT2D eigenvalue weighted by Crippen LogP contribution is -2.50. The second-order valence-electron chi connectivity index (χ2n) is 4.21. The molecule has 0 saturated carbocycles. The van der Waals surface area contributed by atoms with Crippen LogP contribution in [-0.4, -0.2) is 54.3 Å². The maximum Gasteiger partial charge on any atom is 0.244 e. The van der Waals surface area contributed by atoms with Crippen molar-refractivity contribution in [1.29, 1.82) is 0 Å². The third-order valence-corrected chi connectivity index (χ3v) is 2.65. The van der Waals surface area contributed by atoms with Gasteiger partial charge in [0.1, 0.15) is 6.04 Å². The molecule has 15 heavy (non-hydrogen) atoms. The predicted molar refractivity (Wildman–Crippen MR) is 57.1 cm³/mol. The average molecular weight is 213 g/mol. The van der Waals surface area contributed by atoms with E-state index in [0.29, 0.717) is 6.54 Å². The van der Waals surface area contributed by atoms with Crippen molar-refractivity contribution in [3.63, 3.8) is 0 Å². The lowest BCUT2D eigenvalue weighted by atomic mass is 10.2. The van der Waals surface area contributed by atoms with Crippen LogP contribution in [-0.2, 0) is 9.59 Å². The number of nitrogens with two attached hydrogens (primary N) is 1. The van der Waals surface area contributed by atoms with E-state index in [1.165, 1.54) is 4.90 Å². The molecule has 0 aliphatic carbocycles. The van der Waals surface area contributed by atoms with E-state index in [4.69, 9.17) is 5.73 Å². The largest absolute Gasteiger partial charge is 0.347 e. The van der Waals surface area contributed by atoms with Crippen molar-refractivity contribution in [3.05, 3.63) is 0 Å². The molecule has 0 bridgehead atoms. The summed E-state index contributed by atoms with van der Waals surface area (Å²) in [7, 11) is 3.41. The van der Waals surface area contributed by atoms with Gasteiger partial charge in [0, 0.05) is 20.6 Å². The molecular formula is C10H19N3O2. The summed E-state index contributed by atoms with van der Waals surface area (Å²) in [5.74, 6) is -0.144. The number of likely N-dealkylation sites (tertiary alicyclic amines) is 1. The van der Waals surface area contributed by atoms with E-state index in [2.05, 4.69) is 0 Å². The molecule has 1 saturated heterocycles. The van der Waals surface area contributed by atoms with E-state index in [0.717, 1.165) is 12.8 Å². The third-order valence-electron chi connectivity index (χ3n) is 2.65.